The molecule has 0 N–H and O–H groups in total. The number of carbonyl (C=O) groups excluding carboxylic acids is 1. The van der Waals surface area contributed by atoms with E-state index in [0.717, 1.165) is 44.7 Å². The lowest BCUT2D eigenvalue weighted by atomic mass is 10.1. The molecule has 3 heterocycles. The third-order valence-electron chi connectivity index (χ3n) is 4.24. The molecule has 6 nitrogen and oxygen atoms in total. The van der Waals surface area contributed by atoms with Crippen LogP contribution in [0.15, 0.2) is 36.9 Å². The molecule has 1 amide bonds. The monoisotopic (exact) mass is 313 g/mol. The van der Waals surface area contributed by atoms with Crippen molar-refractivity contribution < 1.29 is 4.79 Å². The second-order valence-corrected chi connectivity index (χ2v) is 6.04. The minimum Gasteiger partial charge on any atom is -0.340 e. The summed E-state index contributed by atoms with van der Waals surface area (Å²) >= 11 is 0. The Morgan fingerprint density at radius 3 is 2.65 bits per heavy atom. The molecule has 122 valence electrons. The fraction of sp³-hybridized carbons (Fsp3) is 0.471. The van der Waals surface area contributed by atoms with E-state index in [2.05, 4.69) is 21.0 Å². The summed E-state index contributed by atoms with van der Waals surface area (Å²) in [5.41, 5.74) is 2.35. The first-order valence-electron chi connectivity index (χ1n) is 8.07. The minimum absolute atomic E-state index is 0.245. The Bertz CT molecular complexity index is 631. The maximum atomic E-state index is 12.3. The van der Waals surface area contributed by atoms with Crippen LogP contribution in [0, 0.1) is 0 Å². The van der Waals surface area contributed by atoms with Crippen molar-refractivity contribution in [1.29, 1.82) is 0 Å². The predicted molar refractivity (Wildman–Crippen MR) is 87.6 cm³/mol. The van der Waals surface area contributed by atoms with Gasteiger partial charge in [-0.1, -0.05) is 6.07 Å². The first-order chi connectivity index (χ1) is 11.2. The summed E-state index contributed by atoms with van der Waals surface area (Å²) in [6.07, 6.45) is 8.84. The van der Waals surface area contributed by atoms with E-state index in [1.54, 1.807) is 10.9 Å². The van der Waals surface area contributed by atoms with E-state index in [4.69, 9.17) is 0 Å². The molecule has 0 aliphatic carbocycles. The van der Waals surface area contributed by atoms with Gasteiger partial charge in [-0.15, -0.1) is 0 Å². The molecule has 2 aromatic rings. The molecule has 23 heavy (non-hydrogen) atoms. The summed E-state index contributed by atoms with van der Waals surface area (Å²) in [6.45, 7) is 4.38. The molecular formula is C17H23N5O. The van der Waals surface area contributed by atoms with Gasteiger partial charge in [0.15, 0.2) is 0 Å². The predicted octanol–water partition coefficient (Wildman–Crippen LogP) is 1.09. The lowest BCUT2D eigenvalue weighted by Crippen LogP contribution is -2.48. The van der Waals surface area contributed by atoms with E-state index < -0.39 is 0 Å². The summed E-state index contributed by atoms with van der Waals surface area (Å²) in [5.74, 6) is 0.245. The Kier molecular flexibility index (Phi) is 5.02. The molecule has 0 atom stereocenters. The molecule has 0 saturated carbocycles. The summed E-state index contributed by atoms with van der Waals surface area (Å²) in [6, 6.07) is 4.06. The van der Waals surface area contributed by atoms with Crippen LogP contribution >= 0.6 is 0 Å². The molecule has 0 spiro atoms. The molecule has 0 aromatic carbocycles. The Balaban J connectivity index is 1.42. The molecule has 0 bridgehead atoms. The van der Waals surface area contributed by atoms with Crippen molar-refractivity contribution in [2.75, 3.05) is 26.2 Å². The number of rotatable bonds is 5. The second-order valence-electron chi connectivity index (χ2n) is 6.04. The first-order valence-corrected chi connectivity index (χ1v) is 8.07. The van der Waals surface area contributed by atoms with Gasteiger partial charge in [-0.3, -0.25) is 19.4 Å². The third-order valence-corrected chi connectivity index (χ3v) is 4.24. The number of piperazine rings is 1. The van der Waals surface area contributed by atoms with Crippen molar-refractivity contribution in [3.05, 3.63) is 48.0 Å². The maximum Gasteiger partial charge on any atom is 0.222 e. The Morgan fingerprint density at radius 1 is 1.17 bits per heavy atom. The van der Waals surface area contributed by atoms with Gasteiger partial charge in [0, 0.05) is 64.8 Å². The van der Waals surface area contributed by atoms with Gasteiger partial charge in [0.25, 0.3) is 0 Å². The van der Waals surface area contributed by atoms with Crippen LogP contribution in [0.5, 0.6) is 0 Å². The van der Waals surface area contributed by atoms with Crippen LogP contribution in [-0.4, -0.2) is 56.7 Å². The van der Waals surface area contributed by atoms with Crippen molar-refractivity contribution in [2.45, 2.75) is 19.4 Å². The highest BCUT2D eigenvalue weighted by molar-refractivity contribution is 5.76. The number of amides is 1. The van der Waals surface area contributed by atoms with Crippen LogP contribution in [0.3, 0.4) is 0 Å². The van der Waals surface area contributed by atoms with Crippen LogP contribution in [0.2, 0.25) is 0 Å². The molecule has 2 aromatic heterocycles. The summed E-state index contributed by atoms with van der Waals surface area (Å²) in [7, 11) is 1.90. The van der Waals surface area contributed by atoms with Gasteiger partial charge in [-0.25, -0.2) is 0 Å². The number of pyridine rings is 1. The van der Waals surface area contributed by atoms with Crippen LogP contribution in [-0.2, 0) is 24.8 Å². The van der Waals surface area contributed by atoms with Crippen LogP contribution in [0.4, 0.5) is 0 Å². The third kappa shape index (κ3) is 4.39. The van der Waals surface area contributed by atoms with Crippen molar-refractivity contribution in [3.63, 3.8) is 0 Å². The molecule has 0 unspecified atom stereocenters. The lowest BCUT2D eigenvalue weighted by Gasteiger charge is -2.34. The number of aryl methyl sites for hydroxylation is 2. The zero-order valence-electron chi connectivity index (χ0n) is 13.6. The average Bonchev–Trinajstić information content (AvgIpc) is 3.00. The maximum absolute atomic E-state index is 12.3. The second kappa shape index (κ2) is 7.37. The number of hydrogen-bond donors (Lipinski definition) is 0. The van der Waals surface area contributed by atoms with Gasteiger partial charge in [0.1, 0.15) is 0 Å². The quantitative estimate of drug-likeness (QED) is 0.829. The van der Waals surface area contributed by atoms with Gasteiger partial charge >= 0.3 is 0 Å². The lowest BCUT2D eigenvalue weighted by molar-refractivity contribution is -0.133. The number of carbonyl (C=O) groups is 1. The first kappa shape index (κ1) is 15.7. The Labute approximate surface area is 136 Å². The number of nitrogens with zero attached hydrogens (tertiary/aromatic N) is 5. The van der Waals surface area contributed by atoms with Crippen molar-refractivity contribution in [3.8, 4) is 0 Å². The molecule has 1 fully saturated rings. The summed E-state index contributed by atoms with van der Waals surface area (Å²) in [4.78, 5) is 20.8. The largest absolute Gasteiger partial charge is 0.340 e. The number of aromatic nitrogens is 3. The number of hydrogen-bond acceptors (Lipinski definition) is 4. The standard InChI is InChI=1S/C17H23N5O/c1-20-13-16(12-19-20)4-5-17(23)22-9-7-21(8-10-22)14-15-3-2-6-18-11-15/h2-3,6,11-13H,4-5,7-10,14H2,1H3. The van der Waals surface area contributed by atoms with Crippen LogP contribution in [0.1, 0.15) is 17.5 Å². The average molecular weight is 313 g/mol. The molecule has 1 aliphatic rings. The van der Waals surface area contributed by atoms with E-state index in [9.17, 15) is 4.79 Å². The zero-order chi connectivity index (χ0) is 16.1. The van der Waals surface area contributed by atoms with Gasteiger partial charge in [-0.05, 0) is 23.6 Å². The SMILES string of the molecule is Cn1cc(CCC(=O)N2CCN(Cc3cccnc3)CC2)cn1. The van der Waals surface area contributed by atoms with E-state index in [0.29, 0.717) is 6.42 Å². The Morgan fingerprint density at radius 2 is 2.00 bits per heavy atom. The highest BCUT2D eigenvalue weighted by Gasteiger charge is 2.20. The van der Waals surface area contributed by atoms with E-state index in [1.165, 1.54) is 5.56 Å². The highest BCUT2D eigenvalue weighted by Crippen LogP contribution is 2.10. The topological polar surface area (TPSA) is 54.3 Å². The fourth-order valence-electron chi connectivity index (χ4n) is 2.92. The van der Waals surface area contributed by atoms with Gasteiger partial charge in [0.2, 0.25) is 5.91 Å². The molecule has 0 radical (unpaired) electrons. The smallest absolute Gasteiger partial charge is 0.222 e. The normalized spacial score (nSPS) is 15.8. The molecule has 1 saturated heterocycles. The van der Waals surface area contributed by atoms with E-state index in [1.807, 2.05) is 36.6 Å². The fourth-order valence-corrected chi connectivity index (χ4v) is 2.92. The van der Waals surface area contributed by atoms with Crippen molar-refractivity contribution >= 4 is 5.91 Å². The molecule has 3 rings (SSSR count). The van der Waals surface area contributed by atoms with Gasteiger partial charge in [-0.2, -0.15) is 5.10 Å². The van der Waals surface area contributed by atoms with E-state index >= 15 is 0 Å². The van der Waals surface area contributed by atoms with Crippen LogP contribution in [0.25, 0.3) is 0 Å². The zero-order valence-corrected chi connectivity index (χ0v) is 13.6. The van der Waals surface area contributed by atoms with E-state index in [-0.39, 0.29) is 5.91 Å². The minimum atomic E-state index is 0.245. The molecule has 6 heteroatoms. The van der Waals surface area contributed by atoms with Crippen molar-refractivity contribution in [1.82, 2.24) is 24.6 Å². The van der Waals surface area contributed by atoms with Gasteiger partial charge < -0.3 is 4.90 Å². The highest BCUT2D eigenvalue weighted by atomic mass is 16.2. The molecular weight excluding hydrogens is 290 g/mol. The van der Waals surface area contributed by atoms with Gasteiger partial charge in [0.05, 0.1) is 6.20 Å². The molecule has 1 aliphatic heterocycles. The van der Waals surface area contributed by atoms with Crippen LogP contribution < -0.4 is 0 Å². The summed E-state index contributed by atoms with van der Waals surface area (Å²) in [5, 5.41) is 4.14. The Hall–Kier alpha value is -2.21. The van der Waals surface area contributed by atoms with Crippen molar-refractivity contribution in [2.24, 2.45) is 7.05 Å². The summed E-state index contributed by atoms with van der Waals surface area (Å²) < 4.78 is 1.77.